The second-order valence-corrected chi connectivity index (χ2v) is 5.08. The topological polar surface area (TPSA) is 51.5 Å². The van der Waals surface area contributed by atoms with Crippen LogP contribution in [0, 0.1) is 0 Å². The largest absolute Gasteiger partial charge is 0.469 e. The Balaban J connectivity index is 2.62. The summed E-state index contributed by atoms with van der Waals surface area (Å²) < 4.78 is 6.43. The molecule has 0 spiro atoms. The fraction of sp³-hybridized carbons (Fsp3) is 0.571. The minimum atomic E-state index is -0.261. The zero-order chi connectivity index (χ0) is 15.1. The summed E-state index contributed by atoms with van der Waals surface area (Å²) in [6.45, 7) is 3.30. The zero-order valence-electron chi connectivity index (χ0n) is 12.2. The fourth-order valence-electron chi connectivity index (χ4n) is 1.94. The molecule has 0 fully saturated rings. The van der Waals surface area contributed by atoms with Crippen molar-refractivity contribution in [3.8, 4) is 0 Å². The average molecular weight is 301 g/mol. The van der Waals surface area contributed by atoms with Crippen LogP contribution >= 0.6 is 11.6 Å². The number of carbonyl (C=O) groups is 2. The average Bonchev–Trinajstić information content (AvgIpc) is 2.78. The van der Waals surface area contributed by atoms with Crippen LogP contribution in [0.15, 0.2) is 12.3 Å². The van der Waals surface area contributed by atoms with Gasteiger partial charge in [0.2, 0.25) is 0 Å². The highest BCUT2D eigenvalue weighted by Gasteiger charge is 2.17. The Morgan fingerprint density at radius 1 is 1.45 bits per heavy atom. The summed E-state index contributed by atoms with van der Waals surface area (Å²) in [7, 11) is 3.08. The van der Waals surface area contributed by atoms with Gasteiger partial charge in [-0.15, -0.1) is 0 Å². The van der Waals surface area contributed by atoms with Crippen LogP contribution in [0.1, 0.15) is 36.7 Å². The van der Waals surface area contributed by atoms with E-state index in [1.54, 1.807) is 24.2 Å². The molecule has 6 heteroatoms. The van der Waals surface area contributed by atoms with Gasteiger partial charge in [-0.2, -0.15) is 0 Å². The van der Waals surface area contributed by atoms with Crippen LogP contribution in [-0.2, 0) is 16.1 Å². The van der Waals surface area contributed by atoms with E-state index in [4.69, 9.17) is 11.6 Å². The van der Waals surface area contributed by atoms with Crippen molar-refractivity contribution in [2.24, 2.45) is 0 Å². The normalized spacial score (nSPS) is 10.4. The van der Waals surface area contributed by atoms with Gasteiger partial charge in [-0.1, -0.05) is 18.5 Å². The van der Waals surface area contributed by atoms with Crippen LogP contribution < -0.4 is 0 Å². The summed E-state index contributed by atoms with van der Waals surface area (Å²) in [5.41, 5.74) is 0.581. The van der Waals surface area contributed by atoms with Gasteiger partial charge in [-0.05, 0) is 18.9 Å². The number of carbonyl (C=O) groups excluding carboxylic acids is 2. The molecule has 0 unspecified atom stereocenters. The van der Waals surface area contributed by atoms with E-state index in [0.29, 0.717) is 30.1 Å². The molecule has 1 heterocycles. The number of ether oxygens (including phenoxy) is 1. The molecule has 0 saturated carbocycles. The minimum absolute atomic E-state index is 0.0878. The van der Waals surface area contributed by atoms with Crippen molar-refractivity contribution in [2.75, 3.05) is 20.7 Å². The van der Waals surface area contributed by atoms with Gasteiger partial charge in [0.15, 0.2) is 0 Å². The summed E-state index contributed by atoms with van der Waals surface area (Å²) in [6.07, 6.45) is 3.58. The molecule has 0 saturated heterocycles. The molecule has 0 aliphatic heterocycles. The summed E-state index contributed by atoms with van der Waals surface area (Å²) >= 11 is 5.96. The van der Waals surface area contributed by atoms with E-state index in [-0.39, 0.29) is 11.9 Å². The number of methoxy groups -OCH3 is 1. The van der Waals surface area contributed by atoms with Gasteiger partial charge in [0, 0.05) is 32.8 Å². The quantitative estimate of drug-likeness (QED) is 0.727. The molecule has 1 amide bonds. The molecule has 0 N–H and O–H groups in total. The van der Waals surface area contributed by atoms with Gasteiger partial charge in [0.25, 0.3) is 5.91 Å². The molecule has 0 aromatic carbocycles. The van der Waals surface area contributed by atoms with Gasteiger partial charge < -0.3 is 14.2 Å². The number of hydrogen-bond acceptors (Lipinski definition) is 3. The minimum Gasteiger partial charge on any atom is -0.469 e. The molecule has 1 rings (SSSR count). The molecule has 1 aromatic rings. The monoisotopic (exact) mass is 300 g/mol. The lowest BCUT2D eigenvalue weighted by atomic mass is 10.3. The number of nitrogens with zero attached hydrogens (tertiary/aromatic N) is 2. The molecule has 0 bridgehead atoms. The van der Waals surface area contributed by atoms with Crippen LogP contribution in [0.4, 0.5) is 0 Å². The van der Waals surface area contributed by atoms with Crippen molar-refractivity contribution in [1.29, 1.82) is 0 Å². The third-order valence-electron chi connectivity index (χ3n) is 3.00. The highest BCUT2D eigenvalue weighted by atomic mass is 35.5. The lowest BCUT2D eigenvalue weighted by molar-refractivity contribution is -0.140. The van der Waals surface area contributed by atoms with E-state index >= 15 is 0 Å². The number of halogens is 1. The molecular formula is C14H21ClN2O3. The Morgan fingerprint density at radius 2 is 2.15 bits per heavy atom. The predicted molar refractivity (Wildman–Crippen MR) is 77.9 cm³/mol. The number of aryl methyl sites for hydroxylation is 1. The number of aromatic nitrogens is 1. The highest BCUT2D eigenvalue weighted by molar-refractivity contribution is 6.31. The Morgan fingerprint density at radius 3 is 2.75 bits per heavy atom. The van der Waals surface area contributed by atoms with Crippen molar-refractivity contribution in [1.82, 2.24) is 9.47 Å². The molecule has 1 aromatic heterocycles. The van der Waals surface area contributed by atoms with Crippen molar-refractivity contribution < 1.29 is 14.3 Å². The van der Waals surface area contributed by atoms with Crippen LogP contribution in [0.2, 0.25) is 5.02 Å². The first kappa shape index (κ1) is 16.6. The number of hydrogen-bond donors (Lipinski definition) is 0. The Labute approximate surface area is 124 Å². The molecule has 5 nitrogen and oxygen atoms in total. The van der Waals surface area contributed by atoms with Crippen LogP contribution in [0.5, 0.6) is 0 Å². The first-order chi connectivity index (χ1) is 9.49. The van der Waals surface area contributed by atoms with Crippen molar-refractivity contribution in [2.45, 2.75) is 32.7 Å². The van der Waals surface area contributed by atoms with Crippen LogP contribution in [0.25, 0.3) is 0 Å². The Bertz CT molecular complexity index is 471. The van der Waals surface area contributed by atoms with Crippen LogP contribution in [0.3, 0.4) is 0 Å². The maximum absolute atomic E-state index is 12.3. The molecular weight excluding hydrogens is 280 g/mol. The van der Waals surface area contributed by atoms with Crippen molar-refractivity contribution in [3.63, 3.8) is 0 Å². The van der Waals surface area contributed by atoms with E-state index in [9.17, 15) is 9.59 Å². The van der Waals surface area contributed by atoms with E-state index in [1.807, 2.05) is 11.5 Å². The van der Waals surface area contributed by atoms with Gasteiger partial charge in [0.1, 0.15) is 5.69 Å². The third-order valence-corrected chi connectivity index (χ3v) is 3.20. The zero-order valence-corrected chi connectivity index (χ0v) is 12.9. The Hall–Kier alpha value is -1.49. The van der Waals surface area contributed by atoms with Crippen LogP contribution in [-0.4, -0.2) is 42.0 Å². The predicted octanol–water partition coefficient (Wildman–Crippen LogP) is 2.58. The van der Waals surface area contributed by atoms with Gasteiger partial charge in [0.05, 0.1) is 12.1 Å². The maximum atomic E-state index is 12.3. The highest BCUT2D eigenvalue weighted by Crippen LogP contribution is 2.16. The Kier molecular flexibility index (Phi) is 6.58. The number of rotatable bonds is 7. The van der Waals surface area contributed by atoms with Gasteiger partial charge in [-0.25, -0.2) is 0 Å². The number of amides is 1. The smallest absolute Gasteiger partial charge is 0.305 e. The molecule has 0 radical (unpaired) electrons. The van der Waals surface area contributed by atoms with Crippen molar-refractivity contribution in [3.05, 3.63) is 23.0 Å². The molecule has 112 valence electrons. The molecule has 0 aliphatic carbocycles. The SMILES string of the molecule is CCCn1cc(Cl)cc1C(=O)N(C)CCCC(=O)OC. The van der Waals surface area contributed by atoms with E-state index < -0.39 is 0 Å². The van der Waals surface area contributed by atoms with Gasteiger partial charge in [-0.3, -0.25) is 9.59 Å². The van der Waals surface area contributed by atoms with E-state index in [2.05, 4.69) is 4.74 Å². The van der Waals surface area contributed by atoms with E-state index in [0.717, 1.165) is 13.0 Å². The molecule has 0 atom stereocenters. The lowest BCUT2D eigenvalue weighted by Crippen LogP contribution is -2.30. The van der Waals surface area contributed by atoms with Crippen molar-refractivity contribution >= 4 is 23.5 Å². The molecule has 20 heavy (non-hydrogen) atoms. The maximum Gasteiger partial charge on any atom is 0.305 e. The first-order valence-electron chi connectivity index (χ1n) is 6.67. The lowest BCUT2D eigenvalue weighted by Gasteiger charge is -2.18. The third kappa shape index (κ3) is 4.56. The molecule has 0 aliphatic rings. The second-order valence-electron chi connectivity index (χ2n) is 4.64. The summed E-state index contributed by atoms with van der Waals surface area (Å²) in [5, 5.41) is 0.560. The summed E-state index contributed by atoms with van der Waals surface area (Å²) in [4.78, 5) is 25.0. The summed E-state index contributed by atoms with van der Waals surface area (Å²) in [6, 6.07) is 1.68. The summed E-state index contributed by atoms with van der Waals surface area (Å²) in [5.74, 6) is -0.349. The standard InChI is InChI=1S/C14H21ClN2O3/c1-4-7-17-10-11(15)9-12(17)14(19)16(2)8-5-6-13(18)20-3/h9-10H,4-8H2,1-3H3. The number of esters is 1. The van der Waals surface area contributed by atoms with Gasteiger partial charge >= 0.3 is 5.97 Å². The first-order valence-corrected chi connectivity index (χ1v) is 7.05. The fourth-order valence-corrected chi connectivity index (χ4v) is 2.16. The second kappa shape index (κ2) is 7.94. The van der Waals surface area contributed by atoms with E-state index in [1.165, 1.54) is 7.11 Å².